The molecule has 0 saturated carbocycles. The number of carbonyl (C=O) groups excluding carboxylic acids is 2. The summed E-state index contributed by atoms with van der Waals surface area (Å²) in [5.41, 5.74) is 5.37. The number of nitrogens with one attached hydrogen (secondary N) is 1. The largest absolute Gasteiger partial charge is 0.368 e. The van der Waals surface area contributed by atoms with Gasteiger partial charge in [0.05, 0.1) is 4.92 Å². The lowest BCUT2D eigenvalue weighted by Gasteiger charge is -2.04. The number of carbonyl (C=O) groups is 2. The molecular formula is C9H8FN3O5. The van der Waals surface area contributed by atoms with Gasteiger partial charge in [0.25, 0.3) is 11.6 Å². The molecule has 0 bridgehead atoms. The third-order valence-corrected chi connectivity index (χ3v) is 1.78. The molecule has 1 rings (SSSR count). The summed E-state index contributed by atoms with van der Waals surface area (Å²) in [5.74, 6) is -2.72. The highest BCUT2D eigenvalue weighted by atomic mass is 19.1. The smallest absolute Gasteiger partial charge is 0.282 e. The molecule has 0 fully saturated rings. The molecule has 0 spiro atoms. The maximum absolute atomic E-state index is 12.9. The van der Waals surface area contributed by atoms with Gasteiger partial charge in [-0.1, -0.05) is 0 Å². The second-order valence-electron chi connectivity index (χ2n) is 3.10. The van der Waals surface area contributed by atoms with E-state index in [0.717, 1.165) is 12.1 Å². The van der Waals surface area contributed by atoms with Crippen molar-refractivity contribution in [1.82, 2.24) is 5.48 Å². The molecule has 0 aliphatic rings. The van der Waals surface area contributed by atoms with Crippen molar-refractivity contribution in [3.05, 3.63) is 39.7 Å². The van der Waals surface area contributed by atoms with Gasteiger partial charge in [-0.3, -0.25) is 24.5 Å². The average molecular weight is 257 g/mol. The van der Waals surface area contributed by atoms with Crippen molar-refractivity contribution in [3.63, 3.8) is 0 Å². The Morgan fingerprint density at radius 1 is 1.50 bits per heavy atom. The monoisotopic (exact) mass is 257 g/mol. The molecule has 0 aliphatic carbocycles. The van der Waals surface area contributed by atoms with Gasteiger partial charge in [-0.2, -0.15) is 0 Å². The zero-order chi connectivity index (χ0) is 13.7. The molecule has 0 aliphatic heterocycles. The maximum atomic E-state index is 12.9. The minimum absolute atomic E-state index is 0.524. The molecule has 18 heavy (non-hydrogen) atoms. The summed E-state index contributed by atoms with van der Waals surface area (Å²) in [5, 5.41) is 10.6. The average Bonchev–Trinajstić information content (AvgIpc) is 2.27. The Hall–Kier alpha value is -2.55. The van der Waals surface area contributed by atoms with Crippen LogP contribution in [0.25, 0.3) is 0 Å². The predicted octanol–water partition coefficient (Wildman–Crippen LogP) is -0.119. The van der Waals surface area contributed by atoms with Gasteiger partial charge >= 0.3 is 0 Å². The summed E-state index contributed by atoms with van der Waals surface area (Å²) < 4.78 is 12.9. The van der Waals surface area contributed by atoms with Gasteiger partial charge < -0.3 is 5.73 Å². The second kappa shape index (κ2) is 5.68. The van der Waals surface area contributed by atoms with E-state index in [9.17, 15) is 24.1 Å². The highest BCUT2D eigenvalue weighted by Gasteiger charge is 2.21. The van der Waals surface area contributed by atoms with Crippen molar-refractivity contribution in [3.8, 4) is 0 Å². The number of nitro benzene ring substituents is 1. The lowest BCUT2D eigenvalue weighted by molar-refractivity contribution is -0.385. The Balaban J connectivity index is 2.87. The number of primary amides is 1. The van der Waals surface area contributed by atoms with Gasteiger partial charge in [0.2, 0.25) is 5.91 Å². The molecule has 0 heterocycles. The quantitative estimate of drug-likeness (QED) is 0.562. The van der Waals surface area contributed by atoms with Crippen LogP contribution in [0.3, 0.4) is 0 Å². The predicted molar refractivity (Wildman–Crippen MR) is 55.7 cm³/mol. The second-order valence-corrected chi connectivity index (χ2v) is 3.10. The molecule has 1 aromatic carbocycles. The maximum Gasteiger partial charge on any atom is 0.282 e. The molecule has 0 unspecified atom stereocenters. The molecule has 0 saturated heterocycles. The molecule has 0 atom stereocenters. The van der Waals surface area contributed by atoms with Crippen LogP contribution in [0.1, 0.15) is 10.4 Å². The van der Waals surface area contributed by atoms with Crippen molar-refractivity contribution in [2.45, 2.75) is 0 Å². The number of hydroxylamine groups is 1. The Labute approximate surface area is 99.6 Å². The van der Waals surface area contributed by atoms with Crippen LogP contribution in [0, 0.1) is 15.9 Å². The summed E-state index contributed by atoms with van der Waals surface area (Å²) in [4.78, 5) is 35.9. The van der Waals surface area contributed by atoms with Crippen LogP contribution >= 0.6 is 0 Å². The Bertz CT molecular complexity index is 505. The zero-order valence-electron chi connectivity index (χ0n) is 8.88. The normalized spacial score (nSPS) is 9.83. The topological polar surface area (TPSA) is 125 Å². The highest BCUT2D eigenvalue weighted by molar-refractivity contribution is 5.97. The first kappa shape index (κ1) is 13.5. The number of nitrogens with zero attached hydrogens (tertiary/aromatic N) is 1. The van der Waals surface area contributed by atoms with E-state index >= 15 is 0 Å². The van der Waals surface area contributed by atoms with Crippen molar-refractivity contribution in [2.24, 2.45) is 5.73 Å². The molecule has 0 radical (unpaired) electrons. The minimum atomic E-state index is -1.05. The molecule has 1 aromatic rings. The molecule has 2 amide bonds. The zero-order valence-corrected chi connectivity index (χ0v) is 8.88. The van der Waals surface area contributed by atoms with Gasteiger partial charge in [-0.25, -0.2) is 9.87 Å². The molecule has 8 nitrogen and oxygen atoms in total. The van der Waals surface area contributed by atoms with E-state index < -0.39 is 40.4 Å². The van der Waals surface area contributed by atoms with E-state index in [2.05, 4.69) is 4.84 Å². The van der Waals surface area contributed by atoms with Crippen LogP contribution in [0.5, 0.6) is 0 Å². The first-order valence-electron chi connectivity index (χ1n) is 4.56. The van der Waals surface area contributed by atoms with Gasteiger partial charge in [-0.05, 0) is 12.1 Å². The van der Waals surface area contributed by atoms with E-state index in [1.807, 2.05) is 0 Å². The van der Waals surface area contributed by atoms with E-state index in [0.29, 0.717) is 6.07 Å². The fraction of sp³-hybridized carbons (Fsp3) is 0.111. The first-order valence-corrected chi connectivity index (χ1v) is 4.56. The third kappa shape index (κ3) is 3.49. The number of benzene rings is 1. The standard InChI is InChI=1S/C9H8FN3O5/c10-5-1-2-7(13(16)17)6(3-5)9(15)12-18-4-8(11)14/h1-3H,4H2,(H2,11,14)(H,12,15). The van der Waals surface area contributed by atoms with Gasteiger partial charge in [-0.15, -0.1) is 0 Å². The molecule has 3 N–H and O–H groups in total. The fourth-order valence-corrected chi connectivity index (χ4v) is 1.08. The number of rotatable bonds is 5. The summed E-state index contributed by atoms with van der Waals surface area (Å²) in [6.07, 6.45) is 0. The Kier molecular flexibility index (Phi) is 4.27. The summed E-state index contributed by atoms with van der Waals surface area (Å²) in [6.45, 7) is -0.602. The molecular weight excluding hydrogens is 249 g/mol. The molecule has 96 valence electrons. The number of halogens is 1. The number of nitrogens with two attached hydrogens (primary N) is 1. The van der Waals surface area contributed by atoms with Crippen molar-refractivity contribution >= 4 is 17.5 Å². The van der Waals surface area contributed by atoms with Crippen molar-refractivity contribution in [1.29, 1.82) is 0 Å². The number of hydrogen-bond acceptors (Lipinski definition) is 5. The summed E-state index contributed by atoms with van der Waals surface area (Å²) in [7, 11) is 0. The molecule has 0 aromatic heterocycles. The van der Waals surface area contributed by atoms with Crippen molar-refractivity contribution < 1.29 is 23.7 Å². The van der Waals surface area contributed by atoms with Crippen LogP contribution < -0.4 is 11.2 Å². The lowest BCUT2D eigenvalue weighted by atomic mass is 10.1. The fourth-order valence-electron chi connectivity index (χ4n) is 1.08. The first-order chi connectivity index (χ1) is 8.41. The van der Waals surface area contributed by atoms with Crippen LogP contribution in [-0.4, -0.2) is 23.3 Å². The third-order valence-electron chi connectivity index (χ3n) is 1.78. The number of nitro groups is 1. The Morgan fingerprint density at radius 3 is 2.72 bits per heavy atom. The van der Waals surface area contributed by atoms with Crippen molar-refractivity contribution in [2.75, 3.05) is 6.61 Å². The van der Waals surface area contributed by atoms with Crippen LogP contribution in [0.15, 0.2) is 18.2 Å². The summed E-state index contributed by atoms with van der Waals surface area (Å²) >= 11 is 0. The van der Waals surface area contributed by atoms with E-state index in [1.54, 1.807) is 5.48 Å². The van der Waals surface area contributed by atoms with E-state index in [-0.39, 0.29) is 0 Å². The van der Waals surface area contributed by atoms with E-state index in [1.165, 1.54) is 0 Å². The highest BCUT2D eigenvalue weighted by Crippen LogP contribution is 2.19. The van der Waals surface area contributed by atoms with Crippen LogP contribution in [-0.2, 0) is 9.63 Å². The summed E-state index contributed by atoms with van der Waals surface area (Å²) in [6, 6.07) is 2.37. The SMILES string of the molecule is NC(=O)CONC(=O)c1cc(F)ccc1[N+](=O)[O-]. The number of hydrogen-bond donors (Lipinski definition) is 2. The van der Waals surface area contributed by atoms with Gasteiger partial charge in [0, 0.05) is 6.07 Å². The number of amides is 2. The van der Waals surface area contributed by atoms with Crippen LogP contribution in [0.2, 0.25) is 0 Å². The molecule has 9 heteroatoms. The van der Waals surface area contributed by atoms with E-state index in [4.69, 9.17) is 5.73 Å². The van der Waals surface area contributed by atoms with Crippen LogP contribution in [0.4, 0.5) is 10.1 Å². The van der Waals surface area contributed by atoms with Gasteiger partial charge in [0.1, 0.15) is 11.4 Å². The lowest BCUT2D eigenvalue weighted by Crippen LogP contribution is -2.29. The minimum Gasteiger partial charge on any atom is -0.368 e. The van der Waals surface area contributed by atoms with Gasteiger partial charge in [0.15, 0.2) is 6.61 Å². The Morgan fingerprint density at radius 2 is 2.17 bits per heavy atom.